The van der Waals surface area contributed by atoms with Crippen LogP contribution in [0, 0.1) is 5.82 Å². The van der Waals surface area contributed by atoms with Crippen molar-refractivity contribution in [1.29, 1.82) is 0 Å². The quantitative estimate of drug-likeness (QED) is 0.702. The number of carboxylic acid groups (broad SMARTS) is 1. The molecule has 0 fully saturated rings. The molecule has 1 aromatic carbocycles. The molecule has 0 aliphatic rings. The van der Waals surface area contributed by atoms with E-state index < -0.39 is 24.6 Å². The monoisotopic (exact) mass is 335 g/mol. The third kappa shape index (κ3) is 4.71. The number of aliphatic hydroxyl groups excluding tert-OH is 2. The number of benzene rings is 1. The number of nitrogens with zero attached hydrogens (tertiary/aromatic N) is 3. The number of hydrogen-bond acceptors (Lipinski definition) is 5. The van der Waals surface area contributed by atoms with Gasteiger partial charge in [0.2, 0.25) is 0 Å². The number of carboxylic acids is 1. The standard InChI is InChI=1S/C16H18FN3O4/c1-20-14(7-6-12(21)8-13(22)9-15(23)24)16(18-19-20)10-2-4-11(17)5-3-10/h2-7,12-13,21-22H,8-9H2,1H3,(H,23,24). The van der Waals surface area contributed by atoms with Crippen molar-refractivity contribution < 1.29 is 24.5 Å². The van der Waals surface area contributed by atoms with Crippen LogP contribution in [0.2, 0.25) is 0 Å². The van der Waals surface area contributed by atoms with Crippen LogP contribution < -0.4 is 0 Å². The molecule has 2 rings (SSSR count). The average Bonchev–Trinajstić information content (AvgIpc) is 2.86. The molecule has 0 saturated carbocycles. The molecule has 0 bridgehead atoms. The van der Waals surface area contributed by atoms with E-state index in [-0.39, 0.29) is 12.2 Å². The summed E-state index contributed by atoms with van der Waals surface area (Å²) in [7, 11) is 1.67. The molecular weight excluding hydrogens is 317 g/mol. The maximum Gasteiger partial charge on any atom is 0.305 e. The summed E-state index contributed by atoms with van der Waals surface area (Å²) in [6, 6.07) is 5.77. The zero-order valence-electron chi connectivity index (χ0n) is 13.0. The minimum atomic E-state index is -1.14. The second-order valence-corrected chi connectivity index (χ2v) is 5.37. The molecule has 1 heterocycles. The Hall–Kier alpha value is -2.58. The van der Waals surface area contributed by atoms with Crippen LogP contribution >= 0.6 is 0 Å². The van der Waals surface area contributed by atoms with Crippen molar-refractivity contribution >= 4 is 12.0 Å². The molecule has 2 aromatic rings. The van der Waals surface area contributed by atoms with Crippen molar-refractivity contribution in [3.05, 3.63) is 41.9 Å². The smallest absolute Gasteiger partial charge is 0.305 e. The highest BCUT2D eigenvalue weighted by atomic mass is 19.1. The van der Waals surface area contributed by atoms with E-state index in [0.717, 1.165) is 0 Å². The molecule has 2 unspecified atom stereocenters. The van der Waals surface area contributed by atoms with Crippen LogP contribution in [0.4, 0.5) is 4.39 Å². The molecule has 0 aliphatic heterocycles. The number of aromatic nitrogens is 3. The Bertz CT molecular complexity index is 727. The fourth-order valence-corrected chi connectivity index (χ4v) is 2.21. The zero-order valence-corrected chi connectivity index (χ0v) is 13.0. The lowest BCUT2D eigenvalue weighted by atomic mass is 10.1. The molecule has 0 radical (unpaired) electrons. The lowest BCUT2D eigenvalue weighted by Crippen LogP contribution is -2.19. The van der Waals surface area contributed by atoms with Crippen LogP contribution in [0.25, 0.3) is 17.3 Å². The summed E-state index contributed by atoms with van der Waals surface area (Å²) < 4.78 is 14.5. The van der Waals surface area contributed by atoms with Crippen molar-refractivity contribution in [1.82, 2.24) is 15.0 Å². The van der Waals surface area contributed by atoms with Gasteiger partial charge in [-0.05, 0) is 30.3 Å². The lowest BCUT2D eigenvalue weighted by molar-refractivity contribution is -0.139. The molecule has 0 aliphatic carbocycles. The molecule has 3 N–H and O–H groups in total. The van der Waals surface area contributed by atoms with E-state index >= 15 is 0 Å². The van der Waals surface area contributed by atoms with Gasteiger partial charge in [-0.1, -0.05) is 11.3 Å². The summed E-state index contributed by atoms with van der Waals surface area (Å²) in [6.45, 7) is 0. The molecule has 2 atom stereocenters. The molecule has 24 heavy (non-hydrogen) atoms. The van der Waals surface area contributed by atoms with Crippen LogP contribution in [-0.2, 0) is 11.8 Å². The second kappa shape index (κ2) is 7.80. The number of aliphatic carboxylic acids is 1. The molecule has 8 heteroatoms. The highest BCUT2D eigenvalue weighted by Gasteiger charge is 2.15. The van der Waals surface area contributed by atoms with E-state index in [1.54, 1.807) is 25.3 Å². The van der Waals surface area contributed by atoms with Crippen molar-refractivity contribution in [2.24, 2.45) is 7.05 Å². The van der Waals surface area contributed by atoms with Crippen LogP contribution in [0.1, 0.15) is 18.5 Å². The highest BCUT2D eigenvalue weighted by Crippen LogP contribution is 2.22. The van der Waals surface area contributed by atoms with Crippen molar-refractivity contribution in [2.75, 3.05) is 0 Å². The van der Waals surface area contributed by atoms with E-state index in [0.29, 0.717) is 17.0 Å². The number of aliphatic hydroxyl groups is 2. The van der Waals surface area contributed by atoms with Crippen LogP contribution in [-0.4, -0.2) is 48.5 Å². The van der Waals surface area contributed by atoms with Gasteiger partial charge in [-0.3, -0.25) is 4.79 Å². The van der Waals surface area contributed by atoms with Crippen molar-refractivity contribution in [2.45, 2.75) is 25.0 Å². The summed E-state index contributed by atoms with van der Waals surface area (Å²) in [4.78, 5) is 10.5. The minimum Gasteiger partial charge on any atom is -0.481 e. The Labute approximate surface area is 137 Å². The Morgan fingerprint density at radius 3 is 2.62 bits per heavy atom. The lowest BCUT2D eigenvalue weighted by Gasteiger charge is -2.10. The van der Waals surface area contributed by atoms with Gasteiger partial charge in [-0.2, -0.15) is 0 Å². The molecule has 128 valence electrons. The number of hydrogen-bond donors (Lipinski definition) is 3. The first-order chi connectivity index (χ1) is 11.4. The van der Waals surface area contributed by atoms with Crippen molar-refractivity contribution in [3.8, 4) is 11.3 Å². The third-order valence-electron chi connectivity index (χ3n) is 3.39. The first-order valence-corrected chi connectivity index (χ1v) is 7.28. The van der Waals surface area contributed by atoms with Crippen LogP contribution in [0.3, 0.4) is 0 Å². The van der Waals surface area contributed by atoms with Gasteiger partial charge in [0.15, 0.2) is 0 Å². The topological polar surface area (TPSA) is 108 Å². The third-order valence-corrected chi connectivity index (χ3v) is 3.39. The van der Waals surface area contributed by atoms with Crippen LogP contribution in [0.5, 0.6) is 0 Å². The molecule has 0 spiro atoms. The van der Waals surface area contributed by atoms with Gasteiger partial charge in [0.1, 0.15) is 11.5 Å². The number of rotatable bonds is 7. The molecular formula is C16H18FN3O4. The van der Waals surface area contributed by atoms with E-state index in [9.17, 15) is 19.4 Å². The Kier molecular flexibility index (Phi) is 5.78. The van der Waals surface area contributed by atoms with Gasteiger partial charge in [-0.25, -0.2) is 9.07 Å². The van der Waals surface area contributed by atoms with Gasteiger partial charge < -0.3 is 15.3 Å². The zero-order chi connectivity index (χ0) is 17.7. The predicted octanol–water partition coefficient (Wildman–Crippen LogP) is 1.22. The number of halogens is 1. The highest BCUT2D eigenvalue weighted by molar-refractivity contribution is 5.69. The maximum atomic E-state index is 13.0. The van der Waals surface area contributed by atoms with Gasteiger partial charge in [0.25, 0.3) is 0 Å². The van der Waals surface area contributed by atoms with Crippen LogP contribution in [0.15, 0.2) is 30.3 Å². The first-order valence-electron chi connectivity index (χ1n) is 7.28. The van der Waals surface area contributed by atoms with E-state index in [1.165, 1.54) is 22.9 Å². The minimum absolute atomic E-state index is 0.0973. The fourth-order valence-electron chi connectivity index (χ4n) is 2.21. The largest absolute Gasteiger partial charge is 0.481 e. The Morgan fingerprint density at radius 1 is 1.33 bits per heavy atom. The Balaban J connectivity index is 2.13. The van der Waals surface area contributed by atoms with E-state index in [4.69, 9.17) is 5.11 Å². The van der Waals surface area contributed by atoms with Gasteiger partial charge in [-0.15, -0.1) is 5.10 Å². The molecule has 7 nitrogen and oxygen atoms in total. The predicted molar refractivity (Wildman–Crippen MR) is 84.3 cm³/mol. The normalized spacial score (nSPS) is 14.0. The molecule has 1 aromatic heterocycles. The number of aryl methyl sites for hydroxylation is 1. The average molecular weight is 335 g/mol. The van der Waals surface area contributed by atoms with Gasteiger partial charge in [0, 0.05) is 19.0 Å². The van der Waals surface area contributed by atoms with E-state index in [2.05, 4.69) is 10.3 Å². The second-order valence-electron chi connectivity index (χ2n) is 5.37. The summed E-state index contributed by atoms with van der Waals surface area (Å²) >= 11 is 0. The van der Waals surface area contributed by atoms with E-state index in [1.807, 2.05) is 0 Å². The fraction of sp³-hybridized carbons (Fsp3) is 0.312. The molecule has 0 amide bonds. The number of carbonyl (C=O) groups is 1. The summed E-state index contributed by atoms with van der Waals surface area (Å²) in [6.07, 6.45) is 0.325. The summed E-state index contributed by atoms with van der Waals surface area (Å²) in [5.41, 5.74) is 1.78. The first kappa shape index (κ1) is 17.8. The molecule has 0 saturated heterocycles. The maximum absolute atomic E-state index is 13.0. The SMILES string of the molecule is Cn1nnc(-c2ccc(F)cc2)c1C=CC(O)CC(O)CC(=O)O. The summed E-state index contributed by atoms with van der Waals surface area (Å²) in [5, 5.41) is 35.9. The summed E-state index contributed by atoms with van der Waals surface area (Å²) in [5.74, 6) is -1.49. The Morgan fingerprint density at radius 2 is 2.00 bits per heavy atom. The van der Waals surface area contributed by atoms with Crippen molar-refractivity contribution in [3.63, 3.8) is 0 Å². The van der Waals surface area contributed by atoms with Gasteiger partial charge in [0.05, 0.1) is 24.3 Å². The van der Waals surface area contributed by atoms with Gasteiger partial charge >= 0.3 is 5.97 Å².